The summed E-state index contributed by atoms with van der Waals surface area (Å²) >= 11 is 0. The maximum absolute atomic E-state index is 10.6. The van der Waals surface area contributed by atoms with Crippen LogP contribution in [0.4, 0.5) is 0 Å². The van der Waals surface area contributed by atoms with Crippen LogP contribution in [-0.2, 0) is 11.2 Å². The minimum absolute atomic E-state index is 0.120. The van der Waals surface area contributed by atoms with Gasteiger partial charge in [0.15, 0.2) is 11.5 Å². The monoisotopic (exact) mass is 264 g/mol. The van der Waals surface area contributed by atoms with Crippen LogP contribution >= 0.6 is 0 Å². The third kappa shape index (κ3) is 2.67. The first-order chi connectivity index (χ1) is 8.71. The number of carboxylic acid groups (broad SMARTS) is 1. The van der Waals surface area contributed by atoms with Gasteiger partial charge in [-0.1, -0.05) is 6.07 Å². The average Bonchev–Trinajstić information content (AvgIpc) is 2.27. The molecule has 4 heteroatoms. The lowest BCUT2D eigenvalue weighted by molar-refractivity contribution is -0.136. The molecule has 4 nitrogen and oxygen atoms in total. The highest BCUT2D eigenvalue weighted by atomic mass is 16.6. The van der Waals surface area contributed by atoms with E-state index in [1.165, 1.54) is 0 Å². The second-order valence-electron chi connectivity index (χ2n) is 5.90. The lowest BCUT2D eigenvalue weighted by Crippen LogP contribution is -2.56. The fourth-order valence-corrected chi connectivity index (χ4v) is 1.92. The van der Waals surface area contributed by atoms with Crippen molar-refractivity contribution in [2.45, 2.75) is 51.7 Å². The molecule has 1 aliphatic rings. The number of carbonyl (C=O) groups is 1. The van der Waals surface area contributed by atoms with Crippen molar-refractivity contribution < 1.29 is 19.4 Å². The summed E-state index contributed by atoms with van der Waals surface area (Å²) in [7, 11) is 0. The topological polar surface area (TPSA) is 55.8 Å². The third-order valence-electron chi connectivity index (χ3n) is 3.82. The number of carboxylic acids is 1. The molecular formula is C15H20O4. The molecule has 1 N–H and O–H groups in total. The molecule has 0 atom stereocenters. The van der Waals surface area contributed by atoms with Gasteiger partial charge in [0.05, 0.1) is 0 Å². The van der Waals surface area contributed by atoms with Gasteiger partial charge in [-0.3, -0.25) is 4.79 Å². The van der Waals surface area contributed by atoms with Gasteiger partial charge in [-0.2, -0.15) is 0 Å². The second kappa shape index (κ2) is 4.44. The number of ether oxygens (including phenoxy) is 2. The molecule has 0 radical (unpaired) electrons. The molecule has 0 aromatic heterocycles. The van der Waals surface area contributed by atoms with Crippen LogP contribution in [0.25, 0.3) is 0 Å². The molecule has 0 spiro atoms. The maximum atomic E-state index is 10.6. The molecule has 0 aliphatic carbocycles. The van der Waals surface area contributed by atoms with Crippen molar-refractivity contribution in [2.75, 3.05) is 0 Å². The van der Waals surface area contributed by atoms with Gasteiger partial charge < -0.3 is 14.6 Å². The molecule has 2 rings (SSSR count). The van der Waals surface area contributed by atoms with Crippen LogP contribution in [-0.4, -0.2) is 22.3 Å². The standard InChI is InChI=1S/C15H20O4/c1-14(2)15(3,4)19-12-9-10(6-8-13(16)17)5-7-11(12)18-14/h5,7,9H,6,8H2,1-4H3,(H,16,17). The molecule has 1 aliphatic heterocycles. The summed E-state index contributed by atoms with van der Waals surface area (Å²) in [6, 6.07) is 5.61. The van der Waals surface area contributed by atoms with Crippen LogP contribution in [0.15, 0.2) is 18.2 Å². The zero-order valence-electron chi connectivity index (χ0n) is 11.8. The van der Waals surface area contributed by atoms with Gasteiger partial charge in [-0.25, -0.2) is 0 Å². The summed E-state index contributed by atoms with van der Waals surface area (Å²) < 4.78 is 12.0. The molecule has 1 heterocycles. The first kappa shape index (κ1) is 13.7. The van der Waals surface area contributed by atoms with Crippen LogP contribution in [0.3, 0.4) is 0 Å². The van der Waals surface area contributed by atoms with E-state index in [2.05, 4.69) is 0 Å². The molecule has 0 amide bonds. The first-order valence-corrected chi connectivity index (χ1v) is 6.44. The number of aliphatic carboxylic acids is 1. The van der Waals surface area contributed by atoms with E-state index >= 15 is 0 Å². The molecule has 104 valence electrons. The molecule has 0 fully saturated rings. The Morgan fingerprint density at radius 1 is 1.11 bits per heavy atom. The largest absolute Gasteiger partial charge is 0.481 e. The molecular weight excluding hydrogens is 244 g/mol. The predicted octanol–water partition coefficient (Wildman–Crippen LogP) is 3.03. The average molecular weight is 264 g/mol. The molecule has 0 saturated carbocycles. The van der Waals surface area contributed by atoms with Crippen molar-refractivity contribution in [1.29, 1.82) is 0 Å². The van der Waals surface area contributed by atoms with Gasteiger partial charge in [-0.05, 0) is 51.8 Å². The van der Waals surface area contributed by atoms with E-state index in [-0.39, 0.29) is 6.42 Å². The van der Waals surface area contributed by atoms with E-state index in [1.54, 1.807) is 0 Å². The lowest BCUT2D eigenvalue weighted by atomic mass is 9.87. The van der Waals surface area contributed by atoms with Crippen molar-refractivity contribution in [3.8, 4) is 11.5 Å². The van der Waals surface area contributed by atoms with Crippen molar-refractivity contribution in [1.82, 2.24) is 0 Å². The van der Waals surface area contributed by atoms with E-state index in [0.717, 1.165) is 5.56 Å². The second-order valence-corrected chi connectivity index (χ2v) is 5.90. The Bertz CT molecular complexity index is 503. The van der Waals surface area contributed by atoms with E-state index in [0.29, 0.717) is 17.9 Å². The SMILES string of the molecule is CC1(C)Oc2ccc(CCC(=O)O)cc2OC1(C)C. The highest BCUT2D eigenvalue weighted by Crippen LogP contribution is 2.43. The van der Waals surface area contributed by atoms with E-state index in [1.807, 2.05) is 45.9 Å². The molecule has 1 aromatic rings. The quantitative estimate of drug-likeness (QED) is 0.911. The molecule has 1 aromatic carbocycles. The number of rotatable bonds is 3. The van der Waals surface area contributed by atoms with Gasteiger partial charge in [-0.15, -0.1) is 0 Å². The van der Waals surface area contributed by atoms with Crippen molar-refractivity contribution in [3.63, 3.8) is 0 Å². The van der Waals surface area contributed by atoms with Crippen LogP contribution < -0.4 is 9.47 Å². The molecule has 0 bridgehead atoms. The van der Waals surface area contributed by atoms with Gasteiger partial charge in [0.25, 0.3) is 0 Å². The number of hydrogen-bond acceptors (Lipinski definition) is 3. The Balaban J connectivity index is 2.25. The highest BCUT2D eigenvalue weighted by Gasteiger charge is 2.45. The Hall–Kier alpha value is -1.71. The van der Waals surface area contributed by atoms with Crippen molar-refractivity contribution in [2.24, 2.45) is 0 Å². The maximum Gasteiger partial charge on any atom is 0.303 e. The fraction of sp³-hybridized carbons (Fsp3) is 0.533. The van der Waals surface area contributed by atoms with E-state index in [9.17, 15) is 4.79 Å². The molecule has 0 saturated heterocycles. The summed E-state index contributed by atoms with van der Waals surface area (Å²) in [6.45, 7) is 7.96. The van der Waals surface area contributed by atoms with Crippen molar-refractivity contribution in [3.05, 3.63) is 23.8 Å². The zero-order valence-corrected chi connectivity index (χ0v) is 11.8. The minimum atomic E-state index is -0.795. The summed E-state index contributed by atoms with van der Waals surface area (Å²) in [5.41, 5.74) is 0.0915. The van der Waals surface area contributed by atoms with E-state index < -0.39 is 17.2 Å². The van der Waals surface area contributed by atoms with Crippen LogP contribution in [0.2, 0.25) is 0 Å². The van der Waals surface area contributed by atoms with Crippen LogP contribution in [0, 0.1) is 0 Å². The Labute approximate surface area is 113 Å². The number of benzene rings is 1. The summed E-state index contributed by atoms with van der Waals surface area (Å²) in [6.07, 6.45) is 0.615. The number of hydrogen-bond donors (Lipinski definition) is 1. The summed E-state index contributed by atoms with van der Waals surface area (Å²) in [5.74, 6) is 0.604. The predicted molar refractivity (Wildman–Crippen MR) is 71.8 cm³/mol. The highest BCUT2D eigenvalue weighted by molar-refractivity contribution is 5.67. The van der Waals surface area contributed by atoms with Gasteiger partial charge in [0.1, 0.15) is 11.2 Å². The Kier molecular flexibility index (Phi) is 3.20. The van der Waals surface area contributed by atoms with Crippen molar-refractivity contribution >= 4 is 5.97 Å². The molecule has 0 unspecified atom stereocenters. The van der Waals surface area contributed by atoms with Gasteiger partial charge in [0.2, 0.25) is 0 Å². The van der Waals surface area contributed by atoms with E-state index in [4.69, 9.17) is 14.6 Å². The smallest absolute Gasteiger partial charge is 0.303 e. The fourth-order valence-electron chi connectivity index (χ4n) is 1.92. The van der Waals surface area contributed by atoms with Gasteiger partial charge >= 0.3 is 5.97 Å². The summed E-state index contributed by atoms with van der Waals surface area (Å²) in [4.78, 5) is 10.6. The lowest BCUT2D eigenvalue weighted by Gasteiger charge is -2.45. The molecule has 19 heavy (non-hydrogen) atoms. The third-order valence-corrected chi connectivity index (χ3v) is 3.82. The zero-order chi connectivity index (χ0) is 14.3. The Morgan fingerprint density at radius 2 is 1.68 bits per heavy atom. The van der Waals surface area contributed by atoms with Crippen LogP contribution in [0.1, 0.15) is 39.7 Å². The normalized spacial score (nSPS) is 18.9. The first-order valence-electron chi connectivity index (χ1n) is 6.44. The summed E-state index contributed by atoms with van der Waals surface area (Å²) in [5, 5.41) is 8.71. The van der Waals surface area contributed by atoms with Gasteiger partial charge in [0, 0.05) is 6.42 Å². The number of aryl methyl sites for hydroxylation is 1. The minimum Gasteiger partial charge on any atom is -0.481 e. The number of fused-ring (bicyclic) bond motifs is 1. The Morgan fingerprint density at radius 3 is 2.26 bits per heavy atom. The van der Waals surface area contributed by atoms with Crippen LogP contribution in [0.5, 0.6) is 11.5 Å².